The predicted octanol–water partition coefficient (Wildman–Crippen LogP) is 3.80. The first-order valence-corrected chi connectivity index (χ1v) is 5.55. The highest BCUT2D eigenvalue weighted by Gasteiger charge is 2.24. The number of hydrogen-bond acceptors (Lipinski definition) is 1. The summed E-state index contributed by atoms with van der Waals surface area (Å²) in [6, 6.07) is 0. The Bertz CT molecular complexity index is 286. The van der Waals surface area contributed by atoms with Crippen LogP contribution in [0.1, 0.15) is 26.2 Å². The summed E-state index contributed by atoms with van der Waals surface area (Å²) in [7, 11) is 0. The molecule has 0 radical (unpaired) electrons. The van der Waals surface area contributed by atoms with Gasteiger partial charge in [0.15, 0.2) is 0 Å². The lowest BCUT2D eigenvalue weighted by Gasteiger charge is -2.29. The quantitative estimate of drug-likeness (QED) is 0.472. The van der Waals surface area contributed by atoms with Gasteiger partial charge >= 0.3 is 0 Å². The van der Waals surface area contributed by atoms with E-state index in [1.54, 1.807) is 0 Å². The number of unbranched alkanes of at least 4 members (excludes halogenated alkanes) is 1. The van der Waals surface area contributed by atoms with E-state index in [1.807, 2.05) is 18.2 Å². The minimum absolute atomic E-state index is 0.290. The molecule has 0 spiro atoms. The van der Waals surface area contributed by atoms with E-state index in [2.05, 4.69) is 32.2 Å². The average molecular weight is 204 g/mol. The van der Waals surface area contributed by atoms with Crippen molar-refractivity contribution in [2.24, 2.45) is 0 Å². The SMILES string of the molecule is C=CC1=CCC(C=C)(OCCCC)C=C1. The highest BCUT2D eigenvalue weighted by atomic mass is 16.5. The van der Waals surface area contributed by atoms with Gasteiger partial charge < -0.3 is 4.74 Å². The lowest BCUT2D eigenvalue weighted by atomic mass is 9.92. The van der Waals surface area contributed by atoms with E-state index in [0.29, 0.717) is 0 Å². The third-order valence-electron chi connectivity index (χ3n) is 2.66. The standard InChI is InChI=1S/C14H20O/c1-4-7-12-15-14(6-3)10-8-13(5-2)9-11-14/h5-6,8-10H,2-4,7,11-12H2,1H3. The molecule has 15 heavy (non-hydrogen) atoms. The number of allylic oxidation sites excluding steroid dienone is 3. The summed E-state index contributed by atoms with van der Waals surface area (Å²) >= 11 is 0. The maximum atomic E-state index is 5.87. The summed E-state index contributed by atoms with van der Waals surface area (Å²) in [5.41, 5.74) is 0.869. The molecule has 0 bridgehead atoms. The summed E-state index contributed by atoms with van der Waals surface area (Å²) in [4.78, 5) is 0. The van der Waals surface area contributed by atoms with Gasteiger partial charge in [-0.3, -0.25) is 0 Å². The van der Waals surface area contributed by atoms with Crippen LogP contribution >= 0.6 is 0 Å². The van der Waals surface area contributed by atoms with Crippen LogP contribution in [0.15, 0.2) is 49.1 Å². The van der Waals surface area contributed by atoms with Crippen LogP contribution in [0.4, 0.5) is 0 Å². The first kappa shape index (κ1) is 12.0. The number of rotatable bonds is 6. The second kappa shape index (κ2) is 5.72. The van der Waals surface area contributed by atoms with E-state index < -0.39 is 0 Å². The first-order valence-electron chi connectivity index (χ1n) is 5.55. The van der Waals surface area contributed by atoms with Gasteiger partial charge in [-0.15, -0.1) is 0 Å². The summed E-state index contributed by atoms with van der Waals surface area (Å²) in [5.74, 6) is 0. The van der Waals surface area contributed by atoms with Gasteiger partial charge in [0, 0.05) is 13.0 Å². The van der Waals surface area contributed by atoms with Gasteiger partial charge in [-0.2, -0.15) is 0 Å². The second-order valence-corrected chi connectivity index (χ2v) is 3.81. The molecule has 82 valence electrons. The highest BCUT2D eigenvalue weighted by Crippen LogP contribution is 2.26. The highest BCUT2D eigenvalue weighted by molar-refractivity contribution is 5.37. The Balaban J connectivity index is 2.57. The van der Waals surface area contributed by atoms with Crippen molar-refractivity contribution in [3.05, 3.63) is 49.1 Å². The Morgan fingerprint density at radius 2 is 2.33 bits per heavy atom. The van der Waals surface area contributed by atoms with Crippen molar-refractivity contribution in [1.82, 2.24) is 0 Å². The van der Waals surface area contributed by atoms with Crippen LogP contribution in [0.3, 0.4) is 0 Å². The van der Waals surface area contributed by atoms with Gasteiger partial charge in [0.25, 0.3) is 0 Å². The summed E-state index contributed by atoms with van der Waals surface area (Å²) < 4.78 is 5.87. The fourth-order valence-electron chi connectivity index (χ4n) is 1.53. The summed E-state index contributed by atoms with van der Waals surface area (Å²) in [6.07, 6.45) is 13.1. The fourth-order valence-corrected chi connectivity index (χ4v) is 1.53. The zero-order valence-corrected chi connectivity index (χ0v) is 9.54. The molecule has 0 N–H and O–H groups in total. The van der Waals surface area contributed by atoms with Crippen LogP contribution in [0.5, 0.6) is 0 Å². The largest absolute Gasteiger partial charge is 0.366 e. The Kier molecular flexibility index (Phi) is 4.57. The third-order valence-corrected chi connectivity index (χ3v) is 2.66. The molecule has 0 saturated heterocycles. The van der Waals surface area contributed by atoms with Crippen molar-refractivity contribution < 1.29 is 4.74 Å². The van der Waals surface area contributed by atoms with Crippen molar-refractivity contribution >= 4 is 0 Å². The molecule has 0 saturated carbocycles. The lowest BCUT2D eigenvalue weighted by Crippen LogP contribution is -2.28. The molecule has 0 fully saturated rings. The second-order valence-electron chi connectivity index (χ2n) is 3.81. The molecule has 1 heteroatoms. The van der Waals surface area contributed by atoms with Gasteiger partial charge in [0.1, 0.15) is 5.60 Å². The molecule has 1 aliphatic rings. The van der Waals surface area contributed by atoms with Crippen LogP contribution < -0.4 is 0 Å². The van der Waals surface area contributed by atoms with Gasteiger partial charge in [-0.05, 0) is 18.1 Å². The Morgan fingerprint density at radius 1 is 1.53 bits per heavy atom. The molecule has 1 rings (SSSR count). The fraction of sp³-hybridized carbons (Fsp3) is 0.429. The van der Waals surface area contributed by atoms with Crippen LogP contribution in [0.25, 0.3) is 0 Å². The van der Waals surface area contributed by atoms with Crippen molar-refractivity contribution in [2.75, 3.05) is 6.61 Å². The van der Waals surface area contributed by atoms with Gasteiger partial charge in [-0.1, -0.05) is 50.8 Å². The van der Waals surface area contributed by atoms with Crippen LogP contribution in [0.2, 0.25) is 0 Å². The molecule has 1 atom stereocenters. The van der Waals surface area contributed by atoms with E-state index in [-0.39, 0.29) is 5.60 Å². The molecule has 0 heterocycles. The van der Waals surface area contributed by atoms with Crippen LogP contribution in [0, 0.1) is 0 Å². The van der Waals surface area contributed by atoms with E-state index in [9.17, 15) is 0 Å². The Labute approximate surface area is 92.8 Å². The molecule has 0 aromatic rings. The average Bonchev–Trinajstić information content (AvgIpc) is 2.30. The van der Waals surface area contributed by atoms with E-state index >= 15 is 0 Å². The molecule has 0 aromatic carbocycles. The van der Waals surface area contributed by atoms with Gasteiger partial charge in [0.05, 0.1) is 0 Å². The first-order chi connectivity index (χ1) is 7.26. The number of ether oxygens (including phenoxy) is 1. The summed E-state index contributed by atoms with van der Waals surface area (Å²) in [6.45, 7) is 10.6. The van der Waals surface area contributed by atoms with Gasteiger partial charge in [0.2, 0.25) is 0 Å². The minimum Gasteiger partial charge on any atom is -0.366 e. The van der Waals surface area contributed by atoms with Crippen LogP contribution in [-0.2, 0) is 4.74 Å². The molecule has 0 amide bonds. The van der Waals surface area contributed by atoms with Gasteiger partial charge in [-0.25, -0.2) is 0 Å². The lowest BCUT2D eigenvalue weighted by molar-refractivity contribution is 0.0273. The normalized spacial score (nSPS) is 24.7. The van der Waals surface area contributed by atoms with Crippen molar-refractivity contribution in [2.45, 2.75) is 31.8 Å². The predicted molar refractivity (Wildman–Crippen MR) is 65.8 cm³/mol. The minimum atomic E-state index is -0.290. The Hall–Kier alpha value is -1.08. The van der Waals surface area contributed by atoms with Crippen molar-refractivity contribution in [3.8, 4) is 0 Å². The number of hydrogen-bond donors (Lipinski definition) is 0. The zero-order valence-electron chi connectivity index (χ0n) is 9.54. The molecule has 0 aromatic heterocycles. The Morgan fingerprint density at radius 3 is 2.80 bits per heavy atom. The van der Waals surface area contributed by atoms with Crippen LogP contribution in [-0.4, -0.2) is 12.2 Å². The van der Waals surface area contributed by atoms with Crippen molar-refractivity contribution in [3.63, 3.8) is 0 Å². The molecular formula is C14H20O. The summed E-state index contributed by atoms with van der Waals surface area (Å²) in [5, 5.41) is 0. The van der Waals surface area contributed by atoms with E-state index in [0.717, 1.165) is 31.4 Å². The maximum Gasteiger partial charge on any atom is 0.108 e. The topological polar surface area (TPSA) is 9.23 Å². The smallest absolute Gasteiger partial charge is 0.108 e. The van der Waals surface area contributed by atoms with E-state index in [4.69, 9.17) is 4.74 Å². The molecule has 0 aliphatic heterocycles. The maximum absolute atomic E-state index is 5.87. The molecule has 1 unspecified atom stereocenters. The third kappa shape index (κ3) is 3.21. The zero-order chi connectivity index (χ0) is 11.1. The molecular weight excluding hydrogens is 184 g/mol. The van der Waals surface area contributed by atoms with Crippen molar-refractivity contribution in [1.29, 1.82) is 0 Å². The molecule has 1 nitrogen and oxygen atoms in total. The monoisotopic (exact) mass is 204 g/mol. The van der Waals surface area contributed by atoms with E-state index in [1.165, 1.54) is 0 Å². The molecule has 1 aliphatic carbocycles.